The topological polar surface area (TPSA) is 95.5 Å². The van der Waals surface area contributed by atoms with Crippen LogP contribution in [0, 0.1) is 5.41 Å². The Bertz CT molecular complexity index is 630. The van der Waals surface area contributed by atoms with Crippen molar-refractivity contribution in [1.82, 2.24) is 5.32 Å². The third-order valence-corrected chi connectivity index (χ3v) is 3.17. The van der Waals surface area contributed by atoms with Crippen molar-refractivity contribution in [3.8, 4) is 0 Å². The number of benzene rings is 1. The summed E-state index contributed by atoms with van der Waals surface area (Å²) in [5.41, 5.74) is -0.0332. The third kappa shape index (κ3) is 7.26. The molecule has 0 unspecified atom stereocenters. The number of anilines is 1. The van der Waals surface area contributed by atoms with E-state index < -0.39 is 11.4 Å². The lowest BCUT2D eigenvalue weighted by molar-refractivity contribution is -0.139. The van der Waals surface area contributed by atoms with Gasteiger partial charge in [0.25, 0.3) is 5.91 Å². The van der Waals surface area contributed by atoms with E-state index in [0.29, 0.717) is 11.3 Å². The smallest absolute Gasteiger partial charge is 0.303 e. The molecule has 0 saturated heterocycles. The summed E-state index contributed by atoms with van der Waals surface area (Å²) in [6.45, 7) is 9.13. The summed E-state index contributed by atoms with van der Waals surface area (Å²) in [5, 5.41) is 14.4. The number of nitrogens with one attached hydrogen (secondary N) is 2. The highest BCUT2D eigenvalue weighted by atomic mass is 16.4. The normalized spacial score (nSPS) is 11.7. The van der Waals surface area contributed by atoms with Crippen LogP contribution in [0.4, 0.5) is 5.69 Å². The van der Waals surface area contributed by atoms with E-state index in [1.807, 2.05) is 20.8 Å². The van der Waals surface area contributed by atoms with Crippen LogP contribution in [0.2, 0.25) is 0 Å². The van der Waals surface area contributed by atoms with Crippen LogP contribution in [0.15, 0.2) is 24.3 Å². The van der Waals surface area contributed by atoms with Crippen molar-refractivity contribution in [2.24, 2.45) is 5.41 Å². The summed E-state index contributed by atoms with van der Waals surface area (Å²) in [7, 11) is 0. The number of amides is 2. The molecule has 0 saturated carbocycles. The number of hydrogen-bond acceptors (Lipinski definition) is 3. The summed E-state index contributed by atoms with van der Waals surface area (Å²) >= 11 is 0. The summed E-state index contributed by atoms with van der Waals surface area (Å²) in [4.78, 5) is 35.1. The van der Waals surface area contributed by atoms with Gasteiger partial charge in [-0.2, -0.15) is 0 Å². The molecule has 0 atom stereocenters. The summed E-state index contributed by atoms with van der Waals surface area (Å²) in [6, 6.07) is 6.65. The van der Waals surface area contributed by atoms with E-state index in [4.69, 9.17) is 5.11 Å². The SMILES string of the molecule is CC(C)(CC(=O)O)CC(=O)Nc1cccc(C(=O)NC(C)(C)C)c1. The lowest BCUT2D eigenvalue weighted by Crippen LogP contribution is -2.40. The fraction of sp³-hybridized carbons (Fsp3) is 0.500. The molecule has 1 rings (SSSR count). The average Bonchev–Trinajstić information content (AvgIpc) is 2.34. The standard InChI is InChI=1S/C18H26N2O4/c1-17(2,3)20-16(24)12-7-6-8-13(9-12)19-14(21)10-18(4,5)11-15(22)23/h6-9H,10-11H2,1-5H3,(H,19,21)(H,20,24)(H,22,23). The Balaban J connectivity index is 2.75. The van der Waals surface area contributed by atoms with Gasteiger partial charge in [0.1, 0.15) is 0 Å². The molecule has 2 amide bonds. The fourth-order valence-corrected chi connectivity index (χ4v) is 2.26. The molecular formula is C18H26N2O4. The minimum atomic E-state index is -0.936. The monoisotopic (exact) mass is 334 g/mol. The molecule has 0 aliphatic heterocycles. The lowest BCUT2D eigenvalue weighted by atomic mass is 9.85. The van der Waals surface area contributed by atoms with Crippen molar-refractivity contribution in [2.75, 3.05) is 5.32 Å². The van der Waals surface area contributed by atoms with Crippen LogP contribution in [0.3, 0.4) is 0 Å². The number of carboxylic acid groups (broad SMARTS) is 1. The van der Waals surface area contributed by atoms with Gasteiger partial charge < -0.3 is 15.7 Å². The first-order valence-corrected chi connectivity index (χ1v) is 7.82. The molecule has 0 aliphatic rings. The quantitative estimate of drug-likeness (QED) is 0.745. The zero-order chi connectivity index (χ0) is 18.5. The lowest BCUT2D eigenvalue weighted by Gasteiger charge is -2.22. The minimum absolute atomic E-state index is 0.0811. The van der Waals surface area contributed by atoms with E-state index >= 15 is 0 Å². The largest absolute Gasteiger partial charge is 0.481 e. The molecule has 6 heteroatoms. The highest BCUT2D eigenvalue weighted by Crippen LogP contribution is 2.25. The van der Waals surface area contributed by atoms with E-state index in [2.05, 4.69) is 10.6 Å². The second-order valence-electron chi connectivity index (χ2n) is 7.74. The van der Waals surface area contributed by atoms with Gasteiger partial charge in [-0.25, -0.2) is 0 Å². The molecule has 0 radical (unpaired) electrons. The van der Waals surface area contributed by atoms with Crippen LogP contribution >= 0.6 is 0 Å². The Hall–Kier alpha value is -2.37. The maximum Gasteiger partial charge on any atom is 0.303 e. The van der Waals surface area contributed by atoms with Gasteiger partial charge in [-0.15, -0.1) is 0 Å². The average molecular weight is 334 g/mol. The van der Waals surface area contributed by atoms with Gasteiger partial charge in [0, 0.05) is 23.2 Å². The molecule has 0 heterocycles. The van der Waals surface area contributed by atoms with Crippen LogP contribution < -0.4 is 10.6 Å². The van der Waals surface area contributed by atoms with E-state index in [9.17, 15) is 14.4 Å². The first-order chi connectivity index (χ1) is 10.9. The van der Waals surface area contributed by atoms with Gasteiger partial charge in [0.05, 0.1) is 6.42 Å². The second kappa shape index (κ2) is 7.47. The van der Waals surface area contributed by atoms with Crippen molar-refractivity contribution < 1.29 is 19.5 Å². The van der Waals surface area contributed by atoms with Crippen molar-refractivity contribution in [3.63, 3.8) is 0 Å². The first-order valence-electron chi connectivity index (χ1n) is 7.82. The Morgan fingerprint density at radius 2 is 1.67 bits per heavy atom. The Kier molecular flexibility index (Phi) is 6.12. The maximum absolute atomic E-state index is 12.2. The number of hydrogen-bond donors (Lipinski definition) is 3. The molecule has 0 bridgehead atoms. The Labute approximate surface area is 142 Å². The Morgan fingerprint density at radius 1 is 1.04 bits per heavy atom. The molecule has 6 nitrogen and oxygen atoms in total. The molecule has 0 aromatic heterocycles. The molecule has 132 valence electrons. The predicted octanol–water partition coefficient (Wildman–Crippen LogP) is 3.04. The summed E-state index contributed by atoms with van der Waals surface area (Å²) < 4.78 is 0. The van der Waals surface area contributed by atoms with Crippen LogP contribution in [0.25, 0.3) is 0 Å². The number of aliphatic carboxylic acids is 1. The number of carbonyl (C=O) groups is 3. The molecule has 3 N–H and O–H groups in total. The van der Waals surface area contributed by atoms with E-state index in [1.54, 1.807) is 38.1 Å². The molecule has 1 aromatic carbocycles. The predicted molar refractivity (Wildman–Crippen MR) is 92.9 cm³/mol. The Morgan fingerprint density at radius 3 is 2.21 bits per heavy atom. The van der Waals surface area contributed by atoms with Crippen LogP contribution in [0.1, 0.15) is 57.8 Å². The molecule has 24 heavy (non-hydrogen) atoms. The molecular weight excluding hydrogens is 308 g/mol. The van der Waals surface area contributed by atoms with Gasteiger partial charge in [0.15, 0.2) is 0 Å². The number of carbonyl (C=O) groups excluding carboxylic acids is 2. The van der Waals surface area contributed by atoms with Crippen molar-refractivity contribution in [3.05, 3.63) is 29.8 Å². The first kappa shape index (κ1) is 19.7. The van der Waals surface area contributed by atoms with E-state index in [1.165, 1.54) is 0 Å². The van der Waals surface area contributed by atoms with Gasteiger partial charge in [-0.3, -0.25) is 14.4 Å². The second-order valence-corrected chi connectivity index (χ2v) is 7.74. The van der Waals surface area contributed by atoms with Gasteiger partial charge in [0.2, 0.25) is 5.91 Å². The highest BCUT2D eigenvalue weighted by Gasteiger charge is 2.25. The van der Waals surface area contributed by atoms with Gasteiger partial charge >= 0.3 is 5.97 Å². The number of rotatable bonds is 6. The third-order valence-electron chi connectivity index (χ3n) is 3.17. The minimum Gasteiger partial charge on any atom is -0.481 e. The maximum atomic E-state index is 12.2. The van der Waals surface area contributed by atoms with E-state index in [-0.39, 0.29) is 30.2 Å². The summed E-state index contributed by atoms with van der Waals surface area (Å²) in [6.07, 6.45) is -0.00777. The van der Waals surface area contributed by atoms with Crippen LogP contribution in [0.5, 0.6) is 0 Å². The van der Waals surface area contributed by atoms with Gasteiger partial charge in [-0.05, 0) is 44.4 Å². The van der Waals surface area contributed by atoms with E-state index in [0.717, 1.165) is 0 Å². The van der Waals surface area contributed by atoms with Crippen molar-refractivity contribution in [1.29, 1.82) is 0 Å². The van der Waals surface area contributed by atoms with Crippen LogP contribution in [-0.4, -0.2) is 28.4 Å². The fourth-order valence-electron chi connectivity index (χ4n) is 2.26. The zero-order valence-electron chi connectivity index (χ0n) is 14.9. The molecule has 0 spiro atoms. The zero-order valence-corrected chi connectivity index (χ0v) is 14.9. The molecule has 0 fully saturated rings. The van der Waals surface area contributed by atoms with Crippen LogP contribution in [-0.2, 0) is 9.59 Å². The van der Waals surface area contributed by atoms with Gasteiger partial charge in [-0.1, -0.05) is 19.9 Å². The number of carboxylic acids is 1. The molecule has 0 aliphatic carbocycles. The summed E-state index contributed by atoms with van der Waals surface area (Å²) in [5.74, 6) is -1.44. The van der Waals surface area contributed by atoms with Crippen molar-refractivity contribution in [2.45, 2.75) is 53.0 Å². The molecule has 1 aromatic rings. The van der Waals surface area contributed by atoms with Crippen molar-refractivity contribution >= 4 is 23.5 Å². The highest BCUT2D eigenvalue weighted by molar-refractivity contribution is 5.97.